The second-order valence-electron chi connectivity index (χ2n) is 4.32. The number of hydrogen-bond acceptors (Lipinski definition) is 3. The largest absolute Gasteiger partial charge is 0.502 e. The van der Waals surface area contributed by atoms with Gasteiger partial charge in [0.1, 0.15) is 0 Å². The standard InChI is InChI=1S/C12H13FO4/c1-6-5-7(12(3-4-12)11(15)16)8(13)9(14)10(6)17-2/h5,14H,3-4H2,1-2H3,(H,15,16). The summed E-state index contributed by atoms with van der Waals surface area (Å²) in [7, 11) is 1.32. The van der Waals surface area contributed by atoms with Crippen molar-refractivity contribution in [3.63, 3.8) is 0 Å². The van der Waals surface area contributed by atoms with Crippen LogP contribution < -0.4 is 4.74 Å². The van der Waals surface area contributed by atoms with Crippen molar-refractivity contribution in [3.05, 3.63) is 23.0 Å². The lowest BCUT2D eigenvalue weighted by molar-refractivity contribution is -0.140. The minimum Gasteiger partial charge on any atom is -0.502 e. The van der Waals surface area contributed by atoms with Gasteiger partial charge in [0.2, 0.25) is 0 Å². The molecule has 0 spiro atoms. The number of ether oxygens (including phenoxy) is 1. The van der Waals surface area contributed by atoms with Gasteiger partial charge in [-0.15, -0.1) is 0 Å². The Morgan fingerprint density at radius 1 is 1.53 bits per heavy atom. The van der Waals surface area contributed by atoms with Crippen LogP contribution in [0.3, 0.4) is 0 Å². The Morgan fingerprint density at radius 2 is 2.12 bits per heavy atom. The maximum absolute atomic E-state index is 13.9. The number of methoxy groups -OCH3 is 1. The summed E-state index contributed by atoms with van der Waals surface area (Å²) in [6.07, 6.45) is 0.787. The number of aryl methyl sites for hydroxylation is 1. The molecule has 2 N–H and O–H groups in total. The number of phenols is 1. The van der Waals surface area contributed by atoms with E-state index < -0.39 is 23.0 Å². The first-order valence-electron chi connectivity index (χ1n) is 5.24. The van der Waals surface area contributed by atoms with Crippen molar-refractivity contribution >= 4 is 5.97 Å². The Morgan fingerprint density at radius 3 is 2.53 bits per heavy atom. The number of benzene rings is 1. The van der Waals surface area contributed by atoms with Crippen LogP contribution in [0.15, 0.2) is 6.07 Å². The topological polar surface area (TPSA) is 66.8 Å². The minimum absolute atomic E-state index is 0.0424. The lowest BCUT2D eigenvalue weighted by Crippen LogP contribution is -2.21. The van der Waals surface area contributed by atoms with Gasteiger partial charge in [-0.3, -0.25) is 4.79 Å². The summed E-state index contributed by atoms with van der Waals surface area (Å²) >= 11 is 0. The molecule has 0 radical (unpaired) electrons. The highest BCUT2D eigenvalue weighted by Gasteiger charge is 2.54. The highest BCUT2D eigenvalue weighted by Crippen LogP contribution is 2.52. The van der Waals surface area contributed by atoms with E-state index in [4.69, 9.17) is 9.84 Å². The summed E-state index contributed by atoms with van der Waals surface area (Å²) in [6.45, 7) is 1.64. The fraction of sp³-hybridized carbons (Fsp3) is 0.417. The van der Waals surface area contributed by atoms with E-state index in [1.807, 2.05) is 0 Å². The number of halogens is 1. The van der Waals surface area contributed by atoms with Gasteiger partial charge in [0.05, 0.1) is 12.5 Å². The van der Waals surface area contributed by atoms with Crippen LogP contribution >= 0.6 is 0 Å². The molecule has 0 amide bonds. The van der Waals surface area contributed by atoms with Crippen molar-refractivity contribution in [1.29, 1.82) is 0 Å². The van der Waals surface area contributed by atoms with Gasteiger partial charge in [-0.1, -0.05) is 0 Å². The lowest BCUT2D eigenvalue weighted by Gasteiger charge is -2.16. The molecule has 0 unspecified atom stereocenters. The van der Waals surface area contributed by atoms with Gasteiger partial charge in [0.15, 0.2) is 17.3 Å². The van der Waals surface area contributed by atoms with E-state index in [9.17, 15) is 14.3 Å². The molecule has 5 heteroatoms. The molecular weight excluding hydrogens is 227 g/mol. The van der Waals surface area contributed by atoms with E-state index in [1.165, 1.54) is 13.2 Å². The van der Waals surface area contributed by atoms with Gasteiger partial charge in [0, 0.05) is 5.56 Å². The van der Waals surface area contributed by atoms with Crippen LogP contribution in [0.1, 0.15) is 24.0 Å². The molecule has 0 aromatic heterocycles. The Labute approximate surface area is 97.6 Å². The van der Waals surface area contributed by atoms with Crippen LogP contribution in [0.2, 0.25) is 0 Å². The van der Waals surface area contributed by atoms with E-state index in [0.29, 0.717) is 18.4 Å². The quantitative estimate of drug-likeness (QED) is 0.847. The number of phenolic OH excluding ortho intramolecular Hbond substituents is 1. The van der Waals surface area contributed by atoms with Gasteiger partial charge in [-0.05, 0) is 31.4 Å². The molecule has 92 valence electrons. The van der Waals surface area contributed by atoms with Crippen molar-refractivity contribution in [2.24, 2.45) is 0 Å². The molecule has 0 saturated heterocycles. The molecule has 0 atom stereocenters. The van der Waals surface area contributed by atoms with Crippen LogP contribution in [0.4, 0.5) is 4.39 Å². The molecule has 1 aromatic carbocycles. The third-order valence-corrected chi connectivity index (χ3v) is 3.26. The number of carbonyl (C=O) groups is 1. The second-order valence-corrected chi connectivity index (χ2v) is 4.32. The van der Waals surface area contributed by atoms with Crippen molar-refractivity contribution in [3.8, 4) is 11.5 Å². The summed E-state index contributed by atoms with van der Waals surface area (Å²) in [6, 6.07) is 1.44. The molecular formula is C12H13FO4. The number of aliphatic carboxylic acids is 1. The zero-order chi connectivity index (χ0) is 12.8. The van der Waals surface area contributed by atoms with Crippen molar-refractivity contribution in [1.82, 2.24) is 0 Å². The van der Waals surface area contributed by atoms with E-state index in [0.717, 1.165) is 0 Å². The summed E-state index contributed by atoms with van der Waals surface area (Å²) in [4.78, 5) is 11.1. The highest BCUT2D eigenvalue weighted by atomic mass is 19.1. The average molecular weight is 240 g/mol. The van der Waals surface area contributed by atoms with Crippen LogP contribution in [0, 0.1) is 12.7 Å². The second kappa shape index (κ2) is 3.61. The number of carboxylic acids is 1. The normalized spacial score (nSPS) is 16.6. The van der Waals surface area contributed by atoms with Crippen molar-refractivity contribution in [2.75, 3.05) is 7.11 Å². The Bertz CT molecular complexity index is 492. The van der Waals surface area contributed by atoms with Gasteiger partial charge >= 0.3 is 5.97 Å². The highest BCUT2D eigenvalue weighted by molar-refractivity contribution is 5.85. The molecule has 1 aliphatic rings. The Balaban J connectivity index is 2.62. The lowest BCUT2D eigenvalue weighted by atomic mass is 9.93. The monoisotopic (exact) mass is 240 g/mol. The molecule has 1 aliphatic carbocycles. The zero-order valence-corrected chi connectivity index (χ0v) is 9.58. The summed E-state index contributed by atoms with van der Waals surface area (Å²) in [5.41, 5.74) is -0.604. The van der Waals surface area contributed by atoms with Gasteiger partial charge < -0.3 is 14.9 Å². The van der Waals surface area contributed by atoms with E-state index >= 15 is 0 Å². The summed E-state index contributed by atoms with van der Waals surface area (Å²) in [5, 5.41) is 18.7. The van der Waals surface area contributed by atoms with Crippen molar-refractivity contribution in [2.45, 2.75) is 25.2 Å². The molecule has 0 heterocycles. The zero-order valence-electron chi connectivity index (χ0n) is 9.58. The maximum atomic E-state index is 13.9. The third-order valence-electron chi connectivity index (χ3n) is 3.26. The maximum Gasteiger partial charge on any atom is 0.314 e. The predicted molar refractivity (Wildman–Crippen MR) is 57.9 cm³/mol. The van der Waals surface area contributed by atoms with E-state index in [1.54, 1.807) is 6.92 Å². The molecule has 2 rings (SSSR count). The van der Waals surface area contributed by atoms with Crippen LogP contribution in [-0.4, -0.2) is 23.3 Å². The predicted octanol–water partition coefficient (Wildman–Crippen LogP) is 1.96. The molecule has 4 nitrogen and oxygen atoms in total. The smallest absolute Gasteiger partial charge is 0.314 e. The number of aromatic hydroxyl groups is 1. The average Bonchev–Trinajstić information content (AvgIpc) is 3.05. The SMILES string of the molecule is COc1c(C)cc(C2(C(=O)O)CC2)c(F)c1O. The third kappa shape index (κ3) is 1.53. The van der Waals surface area contributed by atoms with Crippen LogP contribution in [0.5, 0.6) is 11.5 Å². The van der Waals surface area contributed by atoms with Gasteiger partial charge in [-0.25, -0.2) is 4.39 Å². The molecule has 0 bridgehead atoms. The molecule has 0 aliphatic heterocycles. The Kier molecular flexibility index (Phi) is 2.49. The fourth-order valence-electron chi connectivity index (χ4n) is 2.09. The first-order chi connectivity index (χ1) is 7.94. The number of carboxylic acid groups (broad SMARTS) is 1. The Hall–Kier alpha value is -1.78. The van der Waals surface area contributed by atoms with Gasteiger partial charge in [0.25, 0.3) is 0 Å². The summed E-state index contributed by atoms with van der Waals surface area (Å²) in [5.74, 6) is -2.52. The van der Waals surface area contributed by atoms with E-state index in [-0.39, 0.29) is 11.3 Å². The number of rotatable bonds is 3. The van der Waals surface area contributed by atoms with Crippen molar-refractivity contribution < 1.29 is 24.1 Å². The van der Waals surface area contributed by atoms with Gasteiger partial charge in [-0.2, -0.15) is 0 Å². The molecule has 1 fully saturated rings. The molecule has 17 heavy (non-hydrogen) atoms. The summed E-state index contributed by atoms with van der Waals surface area (Å²) < 4.78 is 18.8. The van der Waals surface area contributed by atoms with Crippen LogP contribution in [0.25, 0.3) is 0 Å². The molecule has 1 aromatic rings. The van der Waals surface area contributed by atoms with Crippen LogP contribution in [-0.2, 0) is 10.2 Å². The number of hydrogen-bond donors (Lipinski definition) is 2. The first-order valence-corrected chi connectivity index (χ1v) is 5.24. The minimum atomic E-state index is -1.17. The first kappa shape index (κ1) is 11.7. The fourth-order valence-corrected chi connectivity index (χ4v) is 2.09. The van der Waals surface area contributed by atoms with E-state index in [2.05, 4.69) is 0 Å². The molecule has 1 saturated carbocycles.